The number of phenolic OH excluding ortho intramolecular Hbond substituents is 1. The number of halogens is 1. The third-order valence-corrected chi connectivity index (χ3v) is 11.7. The third kappa shape index (κ3) is 4.91. The average molecular weight is 745 g/mol. The summed E-state index contributed by atoms with van der Waals surface area (Å²) in [5.74, 6) is -5.65. The highest BCUT2D eigenvalue weighted by molar-refractivity contribution is 9.10. The number of amides is 4. The maximum atomic E-state index is 15.2. The number of imide groups is 2. The van der Waals surface area contributed by atoms with Crippen LogP contribution in [0, 0.1) is 30.6 Å². The van der Waals surface area contributed by atoms with E-state index < -0.39 is 46.8 Å². The Morgan fingerprint density at radius 2 is 1.57 bits per heavy atom. The summed E-state index contributed by atoms with van der Waals surface area (Å²) < 4.78 is 0.671. The van der Waals surface area contributed by atoms with Crippen LogP contribution in [0.25, 0.3) is 0 Å². The average Bonchev–Trinajstić information content (AvgIpc) is 3.51. The van der Waals surface area contributed by atoms with Gasteiger partial charge in [-0.2, -0.15) is 5.01 Å². The lowest BCUT2D eigenvalue weighted by atomic mass is 9.49. The number of aromatic hydroxyl groups is 1. The number of carbonyl (C=O) groups is 5. The number of ketones is 1. The molecule has 1 saturated carbocycles. The van der Waals surface area contributed by atoms with E-state index in [-0.39, 0.29) is 36.2 Å². The molecule has 0 spiro atoms. The van der Waals surface area contributed by atoms with E-state index in [1.807, 2.05) is 55.5 Å². The number of benzene rings is 4. The lowest BCUT2D eigenvalue weighted by Crippen LogP contribution is -2.53. The van der Waals surface area contributed by atoms with Crippen LogP contribution in [-0.4, -0.2) is 39.5 Å². The SMILES string of the molecule is CC(=O)c1ccc(N2C(=O)C3CC=C4C(CC5C(=O)N(Nc6ccc(C)cc6)C(=O)C5(c5ccccc5)C4c4cc(Br)ccc4O)C3C2=O)cc1. The van der Waals surface area contributed by atoms with Crippen LogP contribution >= 0.6 is 15.9 Å². The maximum Gasteiger partial charge on any atom is 0.260 e. The van der Waals surface area contributed by atoms with Gasteiger partial charge in [0.2, 0.25) is 11.8 Å². The van der Waals surface area contributed by atoms with Gasteiger partial charge >= 0.3 is 0 Å². The van der Waals surface area contributed by atoms with Crippen LogP contribution in [0.3, 0.4) is 0 Å². The largest absolute Gasteiger partial charge is 0.508 e. The van der Waals surface area contributed by atoms with Crippen molar-refractivity contribution in [2.75, 3.05) is 10.3 Å². The molecule has 4 aromatic carbocycles. The number of carbonyl (C=O) groups excluding carboxylic acids is 5. The molecular formula is C41H34BrN3O6. The minimum atomic E-state index is -1.49. The first kappa shape index (κ1) is 32.8. The fraction of sp³-hybridized carbons (Fsp3) is 0.244. The van der Waals surface area contributed by atoms with Crippen molar-refractivity contribution in [3.05, 3.63) is 135 Å². The van der Waals surface area contributed by atoms with Crippen molar-refractivity contribution >= 4 is 56.7 Å². The highest BCUT2D eigenvalue weighted by atomic mass is 79.9. The lowest BCUT2D eigenvalue weighted by molar-refractivity contribution is -0.138. The highest BCUT2D eigenvalue weighted by Gasteiger charge is 2.70. The number of fused-ring (bicyclic) bond motifs is 4. The van der Waals surface area contributed by atoms with Crippen LogP contribution in [0.15, 0.2) is 113 Å². The lowest BCUT2D eigenvalue weighted by Gasteiger charge is -2.50. The molecule has 51 heavy (non-hydrogen) atoms. The molecule has 2 N–H and O–H groups in total. The molecule has 6 unspecified atom stereocenters. The normalized spacial score (nSPS) is 26.8. The van der Waals surface area contributed by atoms with Crippen molar-refractivity contribution in [1.82, 2.24) is 5.01 Å². The predicted molar refractivity (Wildman–Crippen MR) is 194 cm³/mol. The molecule has 256 valence electrons. The Balaban J connectivity index is 1.30. The van der Waals surface area contributed by atoms with Gasteiger partial charge in [-0.25, -0.2) is 0 Å². The first-order chi connectivity index (χ1) is 24.5. The predicted octanol–water partition coefficient (Wildman–Crippen LogP) is 6.86. The van der Waals surface area contributed by atoms with Gasteiger partial charge in [0.25, 0.3) is 11.8 Å². The second-order valence-corrected chi connectivity index (χ2v) is 14.8. The fourth-order valence-corrected chi connectivity index (χ4v) is 9.33. The summed E-state index contributed by atoms with van der Waals surface area (Å²) in [4.78, 5) is 71.7. The van der Waals surface area contributed by atoms with E-state index in [9.17, 15) is 24.3 Å². The minimum Gasteiger partial charge on any atom is -0.508 e. The molecule has 0 aromatic heterocycles. The molecular weight excluding hydrogens is 710 g/mol. The number of rotatable bonds is 6. The van der Waals surface area contributed by atoms with Gasteiger partial charge in [-0.3, -0.25) is 34.3 Å². The Morgan fingerprint density at radius 1 is 0.863 bits per heavy atom. The summed E-state index contributed by atoms with van der Waals surface area (Å²) in [5.41, 5.74) is 5.84. The summed E-state index contributed by atoms with van der Waals surface area (Å²) in [5, 5.41) is 12.6. The van der Waals surface area contributed by atoms with E-state index in [1.54, 1.807) is 54.6 Å². The van der Waals surface area contributed by atoms with Crippen molar-refractivity contribution in [2.45, 2.75) is 38.0 Å². The number of hydrogen-bond acceptors (Lipinski definition) is 7. The van der Waals surface area contributed by atoms with Gasteiger partial charge in [0.05, 0.1) is 34.5 Å². The second-order valence-electron chi connectivity index (χ2n) is 13.9. The summed E-state index contributed by atoms with van der Waals surface area (Å²) >= 11 is 3.56. The molecule has 0 bridgehead atoms. The summed E-state index contributed by atoms with van der Waals surface area (Å²) in [6, 6.07) is 28.0. The van der Waals surface area contributed by atoms with Crippen molar-refractivity contribution in [3.8, 4) is 5.75 Å². The van der Waals surface area contributed by atoms with Gasteiger partial charge in [-0.1, -0.05) is 75.6 Å². The Bertz CT molecular complexity index is 2170. The maximum absolute atomic E-state index is 15.2. The molecule has 4 aliphatic rings. The molecule has 3 fully saturated rings. The van der Waals surface area contributed by atoms with Crippen LogP contribution in [0.5, 0.6) is 5.75 Å². The van der Waals surface area contributed by atoms with Crippen molar-refractivity contribution in [3.63, 3.8) is 0 Å². The van der Waals surface area contributed by atoms with Crippen molar-refractivity contribution < 1.29 is 29.1 Å². The highest BCUT2D eigenvalue weighted by Crippen LogP contribution is 2.65. The summed E-state index contributed by atoms with van der Waals surface area (Å²) in [6.07, 6.45) is 2.34. The molecule has 4 aromatic rings. The first-order valence-electron chi connectivity index (χ1n) is 17.0. The monoisotopic (exact) mass is 743 g/mol. The van der Waals surface area contributed by atoms with E-state index in [4.69, 9.17) is 0 Å². The van der Waals surface area contributed by atoms with Crippen LogP contribution in [0.4, 0.5) is 11.4 Å². The number of nitrogens with zero attached hydrogens (tertiary/aromatic N) is 2. The summed E-state index contributed by atoms with van der Waals surface area (Å²) in [7, 11) is 0. The Labute approximate surface area is 303 Å². The van der Waals surface area contributed by atoms with E-state index in [1.165, 1.54) is 11.8 Å². The van der Waals surface area contributed by atoms with Gasteiger partial charge in [-0.15, -0.1) is 0 Å². The Kier molecular flexibility index (Phi) is 7.83. The zero-order valence-electron chi connectivity index (χ0n) is 27.9. The molecule has 2 saturated heterocycles. The topological polar surface area (TPSA) is 124 Å². The van der Waals surface area contributed by atoms with Gasteiger partial charge < -0.3 is 5.11 Å². The van der Waals surface area contributed by atoms with Crippen LogP contribution in [-0.2, 0) is 24.6 Å². The molecule has 2 heterocycles. The number of nitrogens with one attached hydrogen (secondary N) is 1. The van der Waals surface area contributed by atoms with E-state index in [2.05, 4.69) is 21.4 Å². The molecule has 2 aliphatic carbocycles. The third-order valence-electron chi connectivity index (χ3n) is 11.2. The number of aryl methyl sites for hydroxylation is 1. The zero-order chi connectivity index (χ0) is 35.8. The number of hydrogen-bond donors (Lipinski definition) is 2. The number of phenols is 1. The molecule has 9 nitrogen and oxygen atoms in total. The van der Waals surface area contributed by atoms with Gasteiger partial charge in [0, 0.05) is 21.5 Å². The number of anilines is 2. The smallest absolute Gasteiger partial charge is 0.260 e. The van der Waals surface area contributed by atoms with Crippen molar-refractivity contribution in [1.29, 1.82) is 0 Å². The minimum absolute atomic E-state index is 0.0489. The molecule has 4 amide bonds. The molecule has 10 heteroatoms. The number of allylic oxidation sites excluding steroid dienone is 2. The second kappa shape index (κ2) is 12.2. The zero-order valence-corrected chi connectivity index (χ0v) is 29.5. The van der Waals surface area contributed by atoms with E-state index in [0.29, 0.717) is 32.5 Å². The van der Waals surface area contributed by atoms with E-state index in [0.717, 1.165) is 16.1 Å². The number of hydrazine groups is 1. The Hall–Kier alpha value is -5.35. The van der Waals surface area contributed by atoms with Crippen LogP contribution in [0.2, 0.25) is 0 Å². The van der Waals surface area contributed by atoms with Crippen LogP contribution in [0.1, 0.15) is 52.7 Å². The Morgan fingerprint density at radius 3 is 2.25 bits per heavy atom. The van der Waals surface area contributed by atoms with E-state index >= 15 is 4.79 Å². The van der Waals surface area contributed by atoms with Gasteiger partial charge in [0.1, 0.15) is 5.75 Å². The molecule has 8 rings (SSSR count). The quantitative estimate of drug-likeness (QED) is 0.126. The molecule has 0 radical (unpaired) electrons. The van der Waals surface area contributed by atoms with Crippen LogP contribution < -0.4 is 10.3 Å². The number of Topliss-reactive ketones (excluding diaryl/α,β-unsaturated/α-hetero) is 1. The van der Waals surface area contributed by atoms with Gasteiger partial charge in [0.15, 0.2) is 5.78 Å². The van der Waals surface area contributed by atoms with Crippen molar-refractivity contribution in [2.24, 2.45) is 23.7 Å². The standard InChI is InChI=1S/C41H34BrN3O6/c1-22-8-13-27(14-9-22)43-45-38(49)33-21-31-29(17-18-30-35(31)39(50)44(37(30)48)28-15-10-24(11-16-28)23(2)46)36(32-20-26(42)12-19-34(32)47)41(33,40(45)51)25-6-4-3-5-7-25/h3-17,19-20,30-31,33,35-36,43,47H,18,21H2,1-2H3. The summed E-state index contributed by atoms with van der Waals surface area (Å²) in [6.45, 7) is 3.40. The first-order valence-corrected chi connectivity index (χ1v) is 17.8. The molecule has 2 aliphatic heterocycles. The molecule has 6 atom stereocenters. The van der Waals surface area contributed by atoms with Gasteiger partial charge in [-0.05, 0) is 92.8 Å². The fourth-order valence-electron chi connectivity index (χ4n) is 8.95.